The Morgan fingerprint density at radius 2 is 1.95 bits per heavy atom. The Morgan fingerprint density at radius 1 is 1.26 bits per heavy atom. The van der Waals surface area contributed by atoms with Crippen LogP contribution in [0.15, 0.2) is 18.2 Å². The van der Waals surface area contributed by atoms with Crippen molar-refractivity contribution in [2.24, 2.45) is 5.73 Å². The van der Waals surface area contributed by atoms with Crippen molar-refractivity contribution in [2.45, 2.75) is 57.9 Å². The molecule has 0 bridgehead atoms. The van der Waals surface area contributed by atoms with Gasteiger partial charge in [0, 0.05) is 12.1 Å². The molecule has 2 nitrogen and oxygen atoms in total. The SMILES string of the molecule is Cc1ccc(C(C)(C)C)cc1CCNCC1(N)CC1. The average Bonchev–Trinajstić information content (AvgIpc) is 3.04. The van der Waals surface area contributed by atoms with E-state index in [0.29, 0.717) is 0 Å². The highest BCUT2D eigenvalue weighted by atomic mass is 15.0. The fourth-order valence-corrected chi connectivity index (χ4v) is 2.31. The quantitative estimate of drug-likeness (QED) is 0.799. The van der Waals surface area contributed by atoms with E-state index in [4.69, 9.17) is 5.73 Å². The van der Waals surface area contributed by atoms with Gasteiger partial charge in [-0.05, 0) is 54.8 Å². The molecule has 0 aliphatic heterocycles. The Morgan fingerprint density at radius 3 is 2.53 bits per heavy atom. The van der Waals surface area contributed by atoms with Crippen molar-refractivity contribution in [1.82, 2.24) is 5.32 Å². The molecule has 0 atom stereocenters. The summed E-state index contributed by atoms with van der Waals surface area (Å²) in [6, 6.07) is 6.87. The third-order valence-corrected chi connectivity index (χ3v) is 4.16. The summed E-state index contributed by atoms with van der Waals surface area (Å²) >= 11 is 0. The van der Waals surface area contributed by atoms with Gasteiger partial charge in [-0.2, -0.15) is 0 Å². The predicted octanol–water partition coefficient (Wildman–Crippen LogP) is 2.92. The van der Waals surface area contributed by atoms with Gasteiger partial charge in [-0.15, -0.1) is 0 Å². The molecule has 0 radical (unpaired) electrons. The third-order valence-electron chi connectivity index (χ3n) is 4.16. The lowest BCUT2D eigenvalue weighted by atomic mass is 9.85. The normalized spacial score (nSPS) is 17.5. The minimum atomic E-state index is 0.113. The van der Waals surface area contributed by atoms with Gasteiger partial charge in [0.2, 0.25) is 0 Å². The van der Waals surface area contributed by atoms with Crippen LogP contribution in [0.2, 0.25) is 0 Å². The van der Waals surface area contributed by atoms with Crippen LogP contribution in [0.25, 0.3) is 0 Å². The Labute approximate surface area is 117 Å². The molecule has 0 saturated heterocycles. The third kappa shape index (κ3) is 4.05. The first-order chi connectivity index (χ1) is 8.80. The summed E-state index contributed by atoms with van der Waals surface area (Å²) in [5.41, 5.74) is 10.7. The zero-order chi connectivity index (χ0) is 14.1. The number of nitrogens with one attached hydrogen (secondary N) is 1. The lowest BCUT2D eigenvalue weighted by Gasteiger charge is -2.21. The zero-order valence-corrected chi connectivity index (χ0v) is 12.8. The first-order valence-corrected chi connectivity index (χ1v) is 7.40. The van der Waals surface area contributed by atoms with Gasteiger partial charge in [0.25, 0.3) is 0 Å². The molecule has 1 aliphatic carbocycles. The topological polar surface area (TPSA) is 38.0 Å². The zero-order valence-electron chi connectivity index (χ0n) is 12.8. The van der Waals surface area contributed by atoms with Crippen LogP contribution in [0.1, 0.15) is 50.3 Å². The summed E-state index contributed by atoms with van der Waals surface area (Å²) < 4.78 is 0. The van der Waals surface area contributed by atoms with Crippen molar-refractivity contribution in [3.05, 3.63) is 34.9 Å². The Balaban J connectivity index is 1.91. The molecule has 1 aromatic rings. The van der Waals surface area contributed by atoms with Crippen LogP contribution in [0.4, 0.5) is 0 Å². The molecule has 0 spiro atoms. The second-order valence-corrected chi connectivity index (χ2v) is 7.18. The van der Waals surface area contributed by atoms with Gasteiger partial charge in [0.05, 0.1) is 0 Å². The van der Waals surface area contributed by atoms with Gasteiger partial charge >= 0.3 is 0 Å². The maximum Gasteiger partial charge on any atom is 0.0282 e. The summed E-state index contributed by atoms with van der Waals surface area (Å²) in [6.45, 7) is 11.0. The van der Waals surface area contributed by atoms with Gasteiger partial charge in [-0.3, -0.25) is 0 Å². The highest BCUT2D eigenvalue weighted by Crippen LogP contribution is 2.31. The van der Waals surface area contributed by atoms with Crippen LogP contribution in [-0.4, -0.2) is 18.6 Å². The van der Waals surface area contributed by atoms with Crippen LogP contribution in [0.3, 0.4) is 0 Å². The van der Waals surface area contributed by atoms with E-state index in [1.165, 1.54) is 29.5 Å². The van der Waals surface area contributed by atoms with Gasteiger partial charge in [0.1, 0.15) is 0 Å². The molecule has 3 N–H and O–H groups in total. The van der Waals surface area contributed by atoms with E-state index in [2.05, 4.69) is 51.2 Å². The van der Waals surface area contributed by atoms with Crippen molar-refractivity contribution in [1.29, 1.82) is 0 Å². The van der Waals surface area contributed by atoms with Gasteiger partial charge in [0.15, 0.2) is 0 Å². The first-order valence-electron chi connectivity index (χ1n) is 7.40. The summed E-state index contributed by atoms with van der Waals surface area (Å²) in [4.78, 5) is 0. The van der Waals surface area contributed by atoms with Crippen molar-refractivity contribution >= 4 is 0 Å². The molecule has 0 heterocycles. The molecular formula is C17H28N2. The molecule has 0 aromatic heterocycles. The summed E-state index contributed by atoms with van der Waals surface area (Å²) in [7, 11) is 0. The molecule has 1 aromatic carbocycles. The Bertz CT molecular complexity index is 439. The van der Waals surface area contributed by atoms with E-state index in [1.54, 1.807) is 0 Å². The van der Waals surface area contributed by atoms with Crippen LogP contribution in [0.5, 0.6) is 0 Å². The van der Waals surface area contributed by atoms with Crippen molar-refractivity contribution < 1.29 is 0 Å². The minimum absolute atomic E-state index is 0.113. The van der Waals surface area contributed by atoms with Crippen LogP contribution in [0, 0.1) is 6.92 Å². The van der Waals surface area contributed by atoms with Gasteiger partial charge < -0.3 is 11.1 Å². The molecule has 19 heavy (non-hydrogen) atoms. The molecule has 106 valence electrons. The highest BCUT2D eigenvalue weighted by Gasteiger charge is 2.37. The molecule has 1 saturated carbocycles. The molecule has 0 amide bonds. The predicted molar refractivity (Wildman–Crippen MR) is 82.6 cm³/mol. The molecule has 2 rings (SSSR count). The fraction of sp³-hybridized carbons (Fsp3) is 0.647. The number of rotatable bonds is 5. The second-order valence-electron chi connectivity index (χ2n) is 7.18. The van der Waals surface area contributed by atoms with E-state index < -0.39 is 0 Å². The van der Waals surface area contributed by atoms with Crippen LogP contribution >= 0.6 is 0 Å². The number of hydrogen-bond acceptors (Lipinski definition) is 2. The van der Waals surface area contributed by atoms with E-state index in [0.717, 1.165) is 19.5 Å². The number of hydrogen-bond donors (Lipinski definition) is 2. The lowest BCUT2D eigenvalue weighted by Crippen LogP contribution is -2.36. The minimum Gasteiger partial charge on any atom is -0.324 e. The molecule has 1 aliphatic rings. The van der Waals surface area contributed by atoms with Crippen LogP contribution in [-0.2, 0) is 11.8 Å². The smallest absolute Gasteiger partial charge is 0.0282 e. The molecule has 0 unspecified atom stereocenters. The maximum absolute atomic E-state index is 6.07. The second kappa shape index (κ2) is 5.26. The number of benzene rings is 1. The van der Waals surface area contributed by atoms with Gasteiger partial charge in [-0.1, -0.05) is 39.0 Å². The maximum atomic E-state index is 6.07. The van der Waals surface area contributed by atoms with Crippen molar-refractivity contribution in [3.63, 3.8) is 0 Å². The number of nitrogens with two attached hydrogens (primary N) is 1. The van der Waals surface area contributed by atoms with Crippen molar-refractivity contribution in [3.8, 4) is 0 Å². The van der Waals surface area contributed by atoms with E-state index in [-0.39, 0.29) is 11.0 Å². The molecule has 1 fully saturated rings. The number of aryl methyl sites for hydroxylation is 1. The van der Waals surface area contributed by atoms with Crippen LogP contribution < -0.4 is 11.1 Å². The summed E-state index contributed by atoms with van der Waals surface area (Å²) in [6.07, 6.45) is 3.45. The fourth-order valence-electron chi connectivity index (χ4n) is 2.31. The van der Waals surface area contributed by atoms with E-state index in [1.807, 2.05) is 0 Å². The first kappa shape index (κ1) is 14.5. The molecule has 2 heteroatoms. The average molecular weight is 260 g/mol. The molecular weight excluding hydrogens is 232 g/mol. The summed E-state index contributed by atoms with van der Waals surface area (Å²) in [5.74, 6) is 0. The van der Waals surface area contributed by atoms with E-state index >= 15 is 0 Å². The lowest BCUT2D eigenvalue weighted by molar-refractivity contribution is 0.568. The monoisotopic (exact) mass is 260 g/mol. The van der Waals surface area contributed by atoms with Gasteiger partial charge in [-0.25, -0.2) is 0 Å². The standard InChI is InChI=1S/C17H28N2/c1-13-5-6-15(16(2,3)4)11-14(13)7-10-19-12-17(18)8-9-17/h5-6,11,19H,7-10,12,18H2,1-4H3. The summed E-state index contributed by atoms with van der Waals surface area (Å²) in [5, 5.41) is 3.50. The van der Waals surface area contributed by atoms with E-state index in [9.17, 15) is 0 Å². The Kier molecular flexibility index (Phi) is 4.03. The highest BCUT2D eigenvalue weighted by molar-refractivity contribution is 5.34. The Hall–Kier alpha value is -0.860. The largest absolute Gasteiger partial charge is 0.324 e. The van der Waals surface area contributed by atoms with Crippen molar-refractivity contribution in [2.75, 3.05) is 13.1 Å².